The lowest BCUT2D eigenvalue weighted by Gasteiger charge is -2.24. The van der Waals surface area contributed by atoms with Crippen molar-refractivity contribution >= 4 is 23.6 Å². The number of hydrogen-bond acceptors (Lipinski definition) is 6. The summed E-state index contributed by atoms with van der Waals surface area (Å²) in [5.74, 6) is -2.59. The van der Waals surface area contributed by atoms with Crippen LogP contribution in [-0.4, -0.2) is 48.5 Å². The summed E-state index contributed by atoms with van der Waals surface area (Å²) in [6, 6.07) is 6.45. The van der Waals surface area contributed by atoms with Crippen molar-refractivity contribution < 1.29 is 28.9 Å². The number of benzene rings is 1. The standard InChI is InChI=1S/C24H35N3O6/c1-14(2)11-25-21(28)19(15(3)4)12-32-26-22(29)20(16(5)6)13-33-27-23(30)17-9-7-8-10-18(17)24(27)31/h7-10,14-16,19-20H,11-13H2,1-6H3,(H,25,28)(H,26,29)/t19-,20-/m1/s1. The number of amides is 4. The molecular weight excluding hydrogens is 426 g/mol. The molecule has 182 valence electrons. The van der Waals surface area contributed by atoms with Crippen LogP contribution in [0.2, 0.25) is 0 Å². The molecule has 33 heavy (non-hydrogen) atoms. The normalized spacial score (nSPS) is 15.2. The highest BCUT2D eigenvalue weighted by Crippen LogP contribution is 2.24. The van der Waals surface area contributed by atoms with Crippen molar-refractivity contribution in [3.8, 4) is 0 Å². The predicted octanol–water partition coefficient (Wildman–Crippen LogP) is 2.58. The van der Waals surface area contributed by atoms with Crippen LogP contribution in [-0.2, 0) is 19.3 Å². The third-order valence-electron chi connectivity index (χ3n) is 5.54. The van der Waals surface area contributed by atoms with Crippen LogP contribution >= 0.6 is 0 Å². The second-order valence-corrected chi connectivity index (χ2v) is 9.36. The Bertz CT molecular complexity index is 833. The lowest BCUT2D eigenvalue weighted by Crippen LogP contribution is -2.42. The summed E-state index contributed by atoms with van der Waals surface area (Å²) in [4.78, 5) is 60.9. The average Bonchev–Trinajstić information content (AvgIpc) is 2.99. The van der Waals surface area contributed by atoms with Crippen LogP contribution < -0.4 is 10.8 Å². The highest BCUT2D eigenvalue weighted by atomic mass is 16.7. The third kappa shape index (κ3) is 6.85. The molecule has 4 amide bonds. The first-order valence-corrected chi connectivity index (χ1v) is 11.3. The summed E-state index contributed by atoms with van der Waals surface area (Å²) in [5, 5.41) is 3.59. The molecule has 9 nitrogen and oxygen atoms in total. The first-order valence-electron chi connectivity index (χ1n) is 11.3. The second kappa shape index (κ2) is 11.9. The minimum Gasteiger partial charge on any atom is -0.356 e. The molecule has 0 saturated carbocycles. The van der Waals surface area contributed by atoms with Crippen LogP contribution in [0.3, 0.4) is 0 Å². The van der Waals surface area contributed by atoms with E-state index in [0.29, 0.717) is 17.5 Å². The second-order valence-electron chi connectivity index (χ2n) is 9.36. The zero-order chi connectivity index (χ0) is 24.7. The lowest BCUT2D eigenvalue weighted by molar-refractivity contribution is -0.153. The van der Waals surface area contributed by atoms with Crippen LogP contribution in [0.5, 0.6) is 0 Å². The van der Waals surface area contributed by atoms with Gasteiger partial charge in [-0.25, -0.2) is 5.48 Å². The molecule has 2 atom stereocenters. The van der Waals surface area contributed by atoms with Gasteiger partial charge >= 0.3 is 0 Å². The van der Waals surface area contributed by atoms with Crippen LogP contribution in [0, 0.1) is 29.6 Å². The van der Waals surface area contributed by atoms with Crippen molar-refractivity contribution in [3.05, 3.63) is 35.4 Å². The zero-order valence-electron chi connectivity index (χ0n) is 20.2. The molecule has 1 aromatic carbocycles. The Balaban J connectivity index is 1.90. The number of rotatable bonds is 12. The third-order valence-corrected chi connectivity index (χ3v) is 5.54. The van der Waals surface area contributed by atoms with Crippen LogP contribution in [0.25, 0.3) is 0 Å². The van der Waals surface area contributed by atoms with Crippen LogP contribution in [0.15, 0.2) is 24.3 Å². The van der Waals surface area contributed by atoms with E-state index in [2.05, 4.69) is 10.8 Å². The summed E-state index contributed by atoms with van der Waals surface area (Å²) in [6.07, 6.45) is 0. The van der Waals surface area contributed by atoms with Gasteiger partial charge in [0, 0.05) is 6.54 Å². The molecule has 0 spiro atoms. The summed E-state index contributed by atoms with van der Waals surface area (Å²) in [6.45, 7) is 11.9. The fourth-order valence-electron chi connectivity index (χ4n) is 3.30. The maximum absolute atomic E-state index is 12.7. The molecular formula is C24H35N3O6. The van der Waals surface area contributed by atoms with Crippen molar-refractivity contribution in [1.82, 2.24) is 15.9 Å². The average molecular weight is 462 g/mol. The molecule has 0 aliphatic carbocycles. The fraction of sp³-hybridized carbons (Fsp3) is 0.583. The van der Waals surface area contributed by atoms with Gasteiger partial charge in [-0.05, 0) is 29.9 Å². The number of hydroxylamine groups is 3. The molecule has 0 saturated heterocycles. The van der Waals surface area contributed by atoms with E-state index in [0.717, 1.165) is 0 Å². The Labute approximate surface area is 195 Å². The van der Waals surface area contributed by atoms with Gasteiger partial charge in [0.2, 0.25) is 11.8 Å². The Morgan fingerprint density at radius 2 is 1.36 bits per heavy atom. The number of nitrogens with one attached hydrogen (secondary N) is 2. The largest absolute Gasteiger partial charge is 0.356 e. The van der Waals surface area contributed by atoms with E-state index in [1.807, 2.05) is 41.5 Å². The number of carbonyl (C=O) groups excluding carboxylic acids is 4. The molecule has 1 aliphatic heterocycles. The van der Waals surface area contributed by atoms with Gasteiger partial charge in [-0.2, -0.15) is 0 Å². The van der Waals surface area contributed by atoms with Gasteiger partial charge in [0.25, 0.3) is 11.8 Å². The van der Waals surface area contributed by atoms with E-state index in [1.165, 1.54) is 0 Å². The Hall–Kier alpha value is -2.78. The molecule has 2 N–H and O–H groups in total. The monoisotopic (exact) mass is 461 g/mol. The molecule has 1 aliphatic rings. The van der Waals surface area contributed by atoms with E-state index < -0.39 is 29.6 Å². The van der Waals surface area contributed by atoms with Crippen molar-refractivity contribution in [1.29, 1.82) is 0 Å². The molecule has 9 heteroatoms. The fourth-order valence-corrected chi connectivity index (χ4v) is 3.30. The van der Waals surface area contributed by atoms with Crippen molar-refractivity contribution in [3.63, 3.8) is 0 Å². The van der Waals surface area contributed by atoms with E-state index in [9.17, 15) is 19.2 Å². The quantitative estimate of drug-likeness (QED) is 0.365. The number of carbonyl (C=O) groups is 4. The van der Waals surface area contributed by atoms with Gasteiger partial charge in [0.1, 0.15) is 0 Å². The van der Waals surface area contributed by atoms with Gasteiger partial charge in [0.15, 0.2) is 0 Å². The lowest BCUT2D eigenvalue weighted by atomic mass is 9.95. The van der Waals surface area contributed by atoms with Crippen molar-refractivity contribution in [2.24, 2.45) is 29.6 Å². The van der Waals surface area contributed by atoms with Gasteiger partial charge in [-0.3, -0.25) is 28.9 Å². The first-order chi connectivity index (χ1) is 15.5. The molecule has 2 rings (SSSR count). The van der Waals surface area contributed by atoms with E-state index >= 15 is 0 Å². The van der Waals surface area contributed by atoms with Crippen molar-refractivity contribution in [2.75, 3.05) is 19.8 Å². The highest BCUT2D eigenvalue weighted by Gasteiger charge is 2.37. The van der Waals surface area contributed by atoms with Crippen LogP contribution in [0.1, 0.15) is 62.3 Å². The predicted molar refractivity (Wildman–Crippen MR) is 121 cm³/mol. The molecule has 1 heterocycles. The molecule has 0 unspecified atom stereocenters. The van der Waals surface area contributed by atoms with E-state index in [-0.39, 0.29) is 42.1 Å². The van der Waals surface area contributed by atoms with E-state index in [1.54, 1.807) is 24.3 Å². The summed E-state index contributed by atoms with van der Waals surface area (Å²) in [5.41, 5.74) is 2.94. The number of fused-ring (bicyclic) bond motifs is 1. The summed E-state index contributed by atoms with van der Waals surface area (Å²) >= 11 is 0. The molecule has 0 bridgehead atoms. The minimum atomic E-state index is -0.679. The summed E-state index contributed by atoms with van der Waals surface area (Å²) < 4.78 is 0. The minimum absolute atomic E-state index is 0.0205. The zero-order valence-corrected chi connectivity index (χ0v) is 20.2. The van der Waals surface area contributed by atoms with Gasteiger partial charge in [-0.15, -0.1) is 5.06 Å². The van der Waals surface area contributed by atoms with Gasteiger partial charge in [-0.1, -0.05) is 53.7 Å². The number of hydrogen-bond donors (Lipinski definition) is 2. The Morgan fingerprint density at radius 1 is 0.848 bits per heavy atom. The Kier molecular flexibility index (Phi) is 9.55. The van der Waals surface area contributed by atoms with Gasteiger partial charge < -0.3 is 5.32 Å². The summed E-state index contributed by atoms with van der Waals surface area (Å²) in [7, 11) is 0. The number of imide groups is 1. The highest BCUT2D eigenvalue weighted by molar-refractivity contribution is 6.20. The SMILES string of the molecule is CC(C)CNC(=O)[C@H](CONC(=O)[C@H](CON1C(=O)c2ccccc2C1=O)C(C)C)C(C)C. The van der Waals surface area contributed by atoms with Gasteiger partial charge in [0.05, 0.1) is 36.2 Å². The first kappa shape index (κ1) is 26.5. The Morgan fingerprint density at radius 3 is 1.85 bits per heavy atom. The molecule has 0 fully saturated rings. The van der Waals surface area contributed by atoms with Crippen LogP contribution in [0.4, 0.5) is 0 Å². The number of nitrogens with zero attached hydrogens (tertiary/aromatic N) is 1. The van der Waals surface area contributed by atoms with E-state index in [4.69, 9.17) is 9.68 Å². The molecule has 0 radical (unpaired) electrons. The topological polar surface area (TPSA) is 114 Å². The molecule has 0 aromatic heterocycles. The smallest absolute Gasteiger partial charge is 0.285 e. The maximum Gasteiger partial charge on any atom is 0.285 e. The van der Waals surface area contributed by atoms with Crippen molar-refractivity contribution in [2.45, 2.75) is 41.5 Å². The maximum atomic E-state index is 12.7. The molecule has 1 aromatic rings.